The maximum atomic E-state index is 5.73. The molecule has 2 atom stereocenters. The second-order valence-electron chi connectivity index (χ2n) is 7.46. The van der Waals surface area contributed by atoms with Gasteiger partial charge in [0.1, 0.15) is 0 Å². The lowest BCUT2D eigenvalue weighted by Crippen LogP contribution is -2.30. The predicted octanol–water partition coefficient (Wildman–Crippen LogP) is 5.63. The van der Waals surface area contributed by atoms with Gasteiger partial charge >= 0.3 is 0 Å². The van der Waals surface area contributed by atoms with Crippen molar-refractivity contribution in [3.8, 4) is 5.69 Å². The van der Waals surface area contributed by atoms with Gasteiger partial charge in [0, 0.05) is 34.3 Å². The molecule has 0 saturated carbocycles. The third-order valence-electron chi connectivity index (χ3n) is 5.52. The molecule has 0 aliphatic carbocycles. The van der Waals surface area contributed by atoms with E-state index in [1.807, 2.05) is 18.3 Å². The van der Waals surface area contributed by atoms with Crippen molar-refractivity contribution in [1.82, 2.24) is 19.8 Å². The van der Waals surface area contributed by atoms with Crippen molar-refractivity contribution in [2.75, 3.05) is 6.54 Å². The van der Waals surface area contributed by atoms with Gasteiger partial charge in [-0.1, -0.05) is 35.0 Å². The van der Waals surface area contributed by atoms with Gasteiger partial charge < -0.3 is 14.8 Å². The van der Waals surface area contributed by atoms with E-state index in [2.05, 4.69) is 92.9 Å². The molecule has 150 valence electrons. The summed E-state index contributed by atoms with van der Waals surface area (Å²) < 4.78 is 3.40. The number of nitrogens with zero attached hydrogens (tertiary/aromatic N) is 3. The Bertz CT molecular complexity index is 1030. The molecule has 2 aromatic heterocycles. The van der Waals surface area contributed by atoms with Crippen LogP contribution in [0.3, 0.4) is 0 Å². The van der Waals surface area contributed by atoms with Crippen LogP contribution < -0.4 is 5.32 Å². The van der Waals surface area contributed by atoms with E-state index in [4.69, 9.17) is 12.2 Å². The summed E-state index contributed by atoms with van der Waals surface area (Å²) in [7, 11) is 0. The van der Waals surface area contributed by atoms with Gasteiger partial charge in [-0.2, -0.15) is 0 Å². The summed E-state index contributed by atoms with van der Waals surface area (Å²) in [5.41, 5.74) is 5.92. The first kappa shape index (κ1) is 20.1. The van der Waals surface area contributed by atoms with Crippen LogP contribution in [0.1, 0.15) is 48.1 Å². The minimum atomic E-state index is 0.0340. The summed E-state index contributed by atoms with van der Waals surface area (Å²) in [4.78, 5) is 6.95. The third-order valence-corrected chi connectivity index (χ3v) is 6.36. The monoisotopic (exact) mass is 468 g/mol. The van der Waals surface area contributed by atoms with E-state index in [9.17, 15) is 0 Å². The molecule has 4 nitrogen and oxygen atoms in total. The maximum absolute atomic E-state index is 5.73. The van der Waals surface area contributed by atoms with Gasteiger partial charge in [0.2, 0.25) is 0 Å². The summed E-state index contributed by atoms with van der Waals surface area (Å²) >= 11 is 9.33. The minimum Gasteiger partial charge on any atom is -0.352 e. The van der Waals surface area contributed by atoms with Gasteiger partial charge in [0.25, 0.3) is 0 Å². The number of pyridine rings is 1. The Morgan fingerprint density at radius 2 is 1.97 bits per heavy atom. The number of hydrogen-bond acceptors (Lipinski definition) is 2. The van der Waals surface area contributed by atoms with E-state index < -0.39 is 0 Å². The zero-order valence-electron chi connectivity index (χ0n) is 16.9. The molecule has 0 bridgehead atoms. The Labute approximate surface area is 186 Å². The van der Waals surface area contributed by atoms with Crippen LogP contribution in [0.2, 0.25) is 0 Å². The molecule has 1 aromatic carbocycles. The number of thiocarbonyl (C=S) groups is 1. The summed E-state index contributed by atoms with van der Waals surface area (Å²) in [6.45, 7) is 7.47. The fourth-order valence-corrected chi connectivity index (χ4v) is 5.04. The zero-order chi connectivity index (χ0) is 20.5. The zero-order valence-corrected chi connectivity index (χ0v) is 19.3. The molecule has 4 rings (SSSR count). The molecule has 6 heteroatoms. The lowest BCUT2D eigenvalue weighted by Gasteiger charge is -2.27. The molecule has 0 unspecified atom stereocenters. The van der Waals surface area contributed by atoms with Crippen LogP contribution in [0.25, 0.3) is 5.69 Å². The highest BCUT2D eigenvalue weighted by Crippen LogP contribution is 2.41. The normalized spacial score (nSPS) is 18.9. The molecule has 1 aliphatic heterocycles. The molecule has 1 aliphatic rings. The van der Waals surface area contributed by atoms with Crippen LogP contribution in [0.4, 0.5) is 0 Å². The molecule has 0 spiro atoms. The van der Waals surface area contributed by atoms with E-state index >= 15 is 0 Å². The number of benzene rings is 1. The van der Waals surface area contributed by atoms with Gasteiger partial charge in [0.05, 0.1) is 17.8 Å². The summed E-state index contributed by atoms with van der Waals surface area (Å²) in [6.07, 6.45) is 2.89. The van der Waals surface area contributed by atoms with Crippen LogP contribution in [0.15, 0.2) is 59.2 Å². The number of halogens is 1. The van der Waals surface area contributed by atoms with Gasteiger partial charge in [-0.15, -0.1) is 0 Å². The van der Waals surface area contributed by atoms with Crippen molar-refractivity contribution < 1.29 is 0 Å². The molecule has 3 heterocycles. The highest BCUT2D eigenvalue weighted by molar-refractivity contribution is 9.10. The Kier molecular flexibility index (Phi) is 5.74. The first-order valence-electron chi connectivity index (χ1n) is 9.94. The van der Waals surface area contributed by atoms with Crippen LogP contribution in [0.5, 0.6) is 0 Å². The van der Waals surface area contributed by atoms with Crippen molar-refractivity contribution in [1.29, 1.82) is 0 Å². The van der Waals surface area contributed by atoms with Crippen LogP contribution in [-0.4, -0.2) is 26.1 Å². The SMILES string of the molecule is CCCN1C(=S)N[C@H](c2ccccn2)[C@@H]1c1cc(C)n(-c2cccc(Br)c2)c1C. The number of nitrogens with one attached hydrogen (secondary N) is 1. The van der Waals surface area contributed by atoms with E-state index in [0.29, 0.717) is 0 Å². The largest absolute Gasteiger partial charge is 0.352 e. The van der Waals surface area contributed by atoms with Crippen LogP contribution in [-0.2, 0) is 0 Å². The van der Waals surface area contributed by atoms with Gasteiger partial charge in [-0.05, 0) is 74.4 Å². The molecule has 0 amide bonds. The summed E-state index contributed by atoms with van der Waals surface area (Å²) in [5, 5.41) is 4.34. The first-order chi connectivity index (χ1) is 14.0. The number of hydrogen-bond donors (Lipinski definition) is 1. The fourth-order valence-electron chi connectivity index (χ4n) is 4.33. The smallest absolute Gasteiger partial charge is 0.170 e. The second kappa shape index (κ2) is 8.28. The van der Waals surface area contributed by atoms with Gasteiger partial charge in [0.15, 0.2) is 5.11 Å². The predicted molar refractivity (Wildman–Crippen MR) is 125 cm³/mol. The molecular weight excluding hydrogens is 444 g/mol. The standard InChI is InChI=1S/C23H25BrN4S/c1-4-12-27-22(21(26-23(27)29)20-10-5-6-11-25-20)19-13-15(2)28(16(19)3)18-9-7-8-17(24)14-18/h5-11,13-14,21-22H,4,12H2,1-3H3,(H,26,29)/t21-,22+/m1/s1. The summed E-state index contributed by atoms with van der Waals surface area (Å²) in [5.74, 6) is 0. The van der Waals surface area contributed by atoms with E-state index in [-0.39, 0.29) is 12.1 Å². The number of aryl methyl sites for hydroxylation is 1. The van der Waals surface area contributed by atoms with E-state index in [0.717, 1.165) is 33.9 Å². The molecule has 29 heavy (non-hydrogen) atoms. The van der Waals surface area contributed by atoms with Crippen LogP contribution in [0, 0.1) is 13.8 Å². The molecule has 1 fully saturated rings. The van der Waals surface area contributed by atoms with Gasteiger partial charge in [-0.25, -0.2) is 0 Å². The fraction of sp³-hybridized carbons (Fsp3) is 0.304. The lowest BCUT2D eigenvalue weighted by molar-refractivity contribution is 0.316. The Morgan fingerprint density at radius 3 is 2.66 bits per heavy atom. The average molecular weight is 469 g/mol. The molecule has 1 N–H and O–H groups in total. The molecule has 3 aromatic rings. The van der Waals surface area contributed by atoms with E-state index in [1.165, 1.54) is 17.0 Å². The average Bonchev–Trinajstić information content (AvgIpc) is 3.18. The lowest BCUT2D eigenvalue weighted by atomic mass is 9.96. The van der Waals surface area contributed by atoms with Gasteiger partial charge in [-0.3, -0.25) is 4.98 Å². The molecule has 0 radical (unpaired) electrons. The van der Waals surface area contributed by atoms with Crippen molar-refractivity contribution in [3.63, 3.8) is 0 Å². The number of aromatic nitrogens is 2. The van der Waals surface area contributed by atoms with Crippen molar-refractivity contribution >= 4 is 33.3 Å². The Hall–Kier alpha value is -2.18. The first-order valence-corrected chi connectivity index (χ1v) is 11.1. The summed E-state index contributed by atoms with van der Waals surface area (Å²) in [6, 6.07) is 16.9. The third kappa shape index (κ3) is 3.71. The molecule has 1 saturated heterocycles. The minimum absolute atomic E-state index is 0.0340. The molecular formula is C23H25BrN4S. The Morgan fingerprint density at radius 1 is 1.14 bits per heavy atom. The maximum Gasteiger partial charge on any atom is 0.170 e. The highest BCUT2D eigenvalue weighted by Gasteiger charge is 2.40. The quantitative estimate of drug-likeness (QED) is 0.491. The van der Waals surface area contributed by atoms with Crippen molar-refractivity contribution in [3.05, 3.63) is 81.8 Å². The topological polar surface area (TPSA) is 33.1 Å². The van der Waals surface area contributed by atoms with Crippen LogP contribution >= 0.6 is 28.1 Å². The van der Waals surface area contributed by atoms with Crippen molar-refractivity contribution in [2.24, 2.45) is 0 Å². The second-order valence-corrected chi connectivity index (χ2v) is 8.76. The Balaban J connectivity index is 1.84. The highest BCUT2D eigenvalue weighted by atomic mass is 79.9. The van der Waals surface area contributed by atoms with Crippen molar-refractivity contribution in [2.45, 2.75) is 39.3 Å². The number of rotatable bonds is 5. The van der Waals surface area contributed by atoms with E-state index in [1.54, 1.807) is 0 Å².